The summed E-state index contributed by atoms with van der Waals surface area (Å²) in [7, 11) is 0. The van der Waals surface area contributed by atoms with Crippen molar-refractivity contribution in [2.45, 2.75) is 13.3 Å². The number of nitrogens with zero attached hydrogens (tertiary/aromatic N) is 2. The Hall–Kier alpha value is -4.19. The van der Waals surface area contributed by atoms with E-state index in [0.29, 0.717) is 17.3 Å². The quantitative estimate of drug-likeness (QED) is 0.365. The monoisotopic (exact) mass is 409 g/mol. The van der Waals surface area contributed by atoms with E-state index in [-0.39, 0.29) is 5.91 Å². The molecule has 0 aliphatic carbocycles. The Kier molecular flexibility index (Phi) is 5.89. The molecule has 0 radical (unpaired) electrons. The molecule has 6 nitrogen and oxygen atoms in total. The van der Waals surface area contributed by atoms with Gasteiger partial charge in [-0.2, -0.15) is 5.10 Å². The van der Waals surface area contributed by atoms with Crippen molar-refractivity contribution in [3.8, 4) is 11.3 Å². The number of aromatic nitrogens is 3. The van der Waals surface area contributed by atoms with Gasteiger partial charge < -0.3 is 10.6 Å². The van der Waals surface area contributed by atoms with Gasteiger partial charge in [0, 0.05) is 23.0 Å². The molecule has 3 N–H and O–H groups in total. The van der Waals surface area contributed by atoms with Gasteiger partial charge in [0.15, 0.2) is 5.82 Å². The van der Waals surface area contributed by atoms with Gasteiger partial charge in [-0.1, -0.05) is 49.0 Å². The molecular formula is C25H23N5O. The van der Waals surface area contributed by atoms with Crippen molar-refractivity contribution >= 4 is 23.2 Å². The number of benzene rings is 2. The SMILES string of the molecule is C=CC(=O)Nc1cccc(-c2cc(Cc3ccccc3)cc(Nc3cc(C)[nH]n3)n2)c1. The number of pyridine rings is 1. The van der Waals surface area contributed by atoms with Crippen LogP contribution in [0.25, 0.3) is 11.3 Å². The summed E-state index contributed by atoms with van der Waals surface area (Å²) in [5.74, 6) is 1.16. The number of aromatic amines is 1. The Morgan fingerprint density at radius 3 is 2.58 bits per heavy atom. The van der Waals surface area contributed by atoms with Gasteiger partial charge in [-0.25, -0.2) is 4.98 Å². The van der Waals surface area contributed by atoms with Crippen LogP contribution in [-0.4, -0.2) is 21.1 Å². The van der Waals surface area contributed by atoms with Crippen molar-refractivity contribution in [1.82, 2.24) is 15.2 Å². The Morgan fingerprint density at radius 1 is 1.00 bits per heavy atom. The molecule has 154 valence electrons. The highest BCUT2D eigenvalue weighted by atomic mass is 16.1. The third-order valence-electron chi connectivity index (χ3n) is 4.71. The number of hydrogen-bond donors (Lipinski definition) is 3. The zero-order valence-electron chi connectivity index (χ0n) is 17.2. The second kappa shape index (κ2) is 9.09. The summed E-state index contributed by atoms with van der Waals surface area (Å²) < 4.78 is 0. The molecule has 0 aliphatic heterocycles. The van der Waals surface area contributed by atoms with Crippen LogP contribution < -0.4 is 10.6 Å². The fourth-order valence-electron chi connectivity index (χ4n) is 3.30. The third kappa shape index (κ3) is 5.25. The first-order valence-electron chi connectivity index (χ1n) is 9.97. The number of anilines is 3. The van der Waals surface area contributed by atoms with Gasteiger partial charge in [-0.15, -0.1) is 0 Å². The van der Waals surface area contributed by atoms with Gasteiger partial charge in [0.05, 0.1) is 5.69 Å². The van der Waals surface area contributed by atoms with E-state index in [2.05, 4.69) is 45.6 Å². The fraction of sp³-hybridized carbons (Fsp3) is 0.0800. The van der Waals surface area contributed by atoms with Crippen LogP contribution in [-0.2, 0) is 11.2 Å². The first-order chi connectivity index (χ1) is 15.1. The molecule has 0 aliphatic rings. The van der Waals surface area contributed by atoms with E-state index in [4.69, 9.17) is 4.98 Å². The number of H-pyrrole nitrogens is 1. The minimum Gasteiger partial charge on any atom is -0.323 e. The first-order valence-corrected chi connectivity index (χ1v) is 9.97. The average Bonchev–Trinajstić information content (AvgIpc) is 3.19. The summed E-state index contributed by atoms with van der Waals surface area (Å²) in [4.78, 5) is 16.5. The molecule has 4 aromatic rings. The van der Waals surface area contributed by atoms with Crippen LogP contribution in [0.5, 0.6) is 0 Å². The molecule has 2 aromatic heterocycles. The largest absolute Gasteiger partial charge is 0.323 e. The zero-order valence-corrected chi connectivity index (χ0v) is 17.2. The van der Waals surface area contributed by atoms with Crippen molar-refractivity contribution < 1.29 is 4.79 Å². The molecule has 0 bridgehead atoms. The van der Waals surface area contributed by atoms with E-state index < -0.39 is 0 Å². The second-order valence-corrected chi connectivity index (χ2v) is 7.24. The molecule has 0 fully saturated rings. The summed E-state index contributed by atoms with van der Waals surface area (Å²) >= 11 is 0. The van der Waals surface area contributed by atoms with Crippen LogP contribution in [0.1, 0.15) is 16.8 Å². The number of carbonyl (C=O) groups is 1. The van der Waals surface area contributed by atoms with Gasteiger partial charge >= 0.3 is 0 Å². The molecule has 0 spiro atoms. The Labute approximate surface area is 181 Å². The smallest absolute Gasteiger partial charge is 0.247 e. The van der Waals surface area contributed by atoms with Gasteiger partial charge in [-0.3, -0.25) is 9.89 Å². The maximum atomic E-state index is 11.7. The lowest BCUT2D eigenvalue weighted by molar-refractivity contribution is -0.111. The molecule has 2 aromatic carbocycles. The van der Waals surface area contributed by atoms with Crippen molar-refractivity contribution in [3.63, 3.8) is 0 Å². The predicted molar refractivity (Wildman–Crippen MR) is 124 cm³/mol. The minimum atomic E-state index is -0.251. The molecule has 0 atom stereocenters. The predicted octanol–water partition coefficient (Wildman–Crippen LogP) is 5.24. The lowest BCUT2D eigenvalue weighted by Crippen LogP contribution is -2.07. The molecule has 0 saturated heterocycles. The average molecular weight is 409 g/mol. The van der Waals surface area contributed by atoms with E-state index in [0.717, 1.165) is 28.9 Å². The molecule has 2 heterocycles. The highest BCUT2D eigenvalue weighted by molar-refractivity contribution is 5.99. The van der Waals surface area contributed by atoms with Crippen LogP contribution in [0, 0.1) is 6.92 Å². The molecule has 0 unspecified atom stereocenters. The number of hydrogen-bond acceptors (Lipinski definition) is 4. The van der Waals surface area contributed by atoms with Gasteiger partial charge in [0.1, 0.15) is 5.82 Å². The fourth-order valence-corrected chi connectivity index (χ4v) is 3.30. The number of carbonyl (C=O) groups excluding carboxylic acids is 1. The van der Waals surface area contributed by atoms with Crippen molar-refractivity contribution in [2.75, 3.05) is 10.6 Å². The normalized spacial score (nSPS) is 10.5. The lowest BCUT2D eigenvalue weighted by Gasteiger charge is -2.11. The molecule has 6 heteroatoms. The van der Waals surface area contributed by atoms with E-state index in [1.165, 1.54) is 11.6 Å². The lowest BCUT2D eigenvalue weighted by atomic mass is 10.0. The van der Waals surface area contributed by atoms with Gasteiger partial charge in [0.25, 0.3) is 0 Å². The highest BCUT2D eigenvalue weighted by Gasteiger charge is 2.09. The topological polar surface area (TPSA) is 82.7 Å². The molecule has 31 heavy (non-hydrogen) atoms. The maximum Gasteiger partial charge on any atom is 0.247 e. The van der Waals surface area contributed by atoms with Crippen LogP contribution >= 0.6 is 0 Å². The maximum absolute atomic E-state index is 11.7. The summed E-state index contributed by atoms with van der Waals surface area (Å²) in [5.41, 5.74) is 5.69. The first kappa shape index (κ1) is 20.1. The summed E-state index contributed by atoms with van der Waals surface area (Å²) in [6, 6.07) is 23.9. The van der Waals surface area contributed by atoms with E-state index >= 15 is 0 Å². The van der Waals surface area contributed by atoms with Crippen molar-refractivity contribution in [3.05, 3.63) is 102 Å². The standard InChI is InChI=1S/C25H23N5O/c1-3-25(31)26-21-11-7-10-20(16-21)22-14-19(13-18-8-5-4-6-9-18)15-23(27-22)28-24-12-17(2)29-30-24/h3-12,14-16H,1,13H2,2H3,(H,26,31)(H2,27,28,29,30). The Balaban J connectivity index is 1.71. The molecule has 0 saturated carbocycles. The Bertz CT molecular complexity index is 1210. The number of aryl methyl sites for hydroxylation is 1. The van der Waals surface area contributed by atoms with Crippen LogP contribution in [0.3, 0.4) is 0 Å². The number of amides is 1. The van der Waals surface area contributed by atoms with Crippen molar-refractivity contribution in [2.24, 2.45) is 0 Å². The van der Waals surface area contributed by atoms with Crippen LogP contribution in [0.15, 0.2) is 85.5 Å². The second-order valence-electron chi connectivity index (χ2n) is 7.24. The third-order valence-corrected chi connectivity index (χ3v) is 4.71. The minimum absolute atomic E-state index is 0.251. The molecule has 4 rings (SSSR count). The Morgan fingerprint density at radius 2 is 1.84 bits per heavy atom. The summed E-state index contributed by atoms with van der Waals surface area (Å²) in [5, 5.41) is 13.3. The molecular weight excluding hydrogens is 386 g/mol. The number of nitrogens with one attached hydrogen (secondary N) is 3. The van der Waals surface area contributed by atoms with E-state index in [1.54, 1.807) is 0 Å². The van der Waals surface area contributed by atoms with Crippen molar-refractivity contribution in [1.29, 1.82) is 0 Å². The zero-order chi connectivity index (χ0) is 21.6. The summed E-state index contributed by atoms with van der Waals surface area (Å²) in [6.45, 7) is 5.45. The number of rotatable bonds is 7. The van der Waals surface area contributed by atoms with E-state index in [1.807, 2.05) is 61.5 Å². The van der Waals surface area contributed by atoms with E-state index in [9.17, 15) is 4.79 Å². The van der Waals surface area contributed by atoms with Gasteiger partial charge in [-0.05, 0) is 54.8 Å². The molecule has 1 amide bonds. The van der Waals surface area contributed by atoms with Gasteiger partial charge in [0.2, 0.25) is 5.91 Å². The van der Waals surface area contributed by atoms with Crippen LogP contribution in [0.4, 0.5) is 17.3 Å². The van der Waals surface area contributed by atoms with Crippen LogP contribution in [0.2, 0.25) is 0 Å². The summed E-state index contributed by atoms with van der Waals surface area (Å²) in [6.07, 6.45) is 2.02. The highest BCUT2D eigenvalue weighted by Crippen LogP contribution is 2.26.